The average Bonchev–Trinajstić information content (AvgIpc) is 3.20. The molecule has 2 aliphatic heterocycles. The Morgan fingerprint density at radius 2 is 2.03 bits per heavy atom. The Morgan fingerprint density at radius 3 is 2.77 bits per heavy atom. The molecule has 30 heavy (non-hydrogen) atoms. The van der Waals surface area contributed by atoms with E-state index in [2.05, 4.69) is 10.3 Å². The molecule has 0 bridgehead atoms. The lowest BCUT2D eigenvalue weighted by Crippen LogP contribution is -2.37. The average molecular weight is 448 g/mol. The third-order valence-electron chi connectivity index (χ3n) is 5.10. The number of thioether (sulfide) groups is 1. The van der Waals surface area contributed by atoms with Gasteiger partial charge in [-0.1, -0.05) is 43.0 Å². The Kier molecular flexibility index (Phi) is 5.84. The number of aryl methyl sites for hydroxylation is 1. The van der Waals surface area contributed by atoms with Gasteiger partial charge in [-0.2, -0.15) is 0 Å². The van der Waals surface area contributed by atoms with Gasteiger partial charge in [-0.25, -0.2) is 12.8 Å². The molecule has 158 valence electrons. The molecule has 1 N–H and O–H groups in total. The zero-order chi connectivity index (χ0) is 21.3. The molecule has 2 heterocycles. The summed E-state index contributed by atoms with van der Waals surface area (Å²) in [5.74, 6) is -0.725. The maximum atomic E-state index is 14.5. The predicted molar refractivity (Wildman–Crippen MR) is 119 cm³/mol. The Bertz CT molecular complexity index is 1100. The zero-order valence-corrected chi connectivity index (χ0v) is 18.0. The fourth-order valence-corrected chi connectivity index (χ4v) is 7.38. The smallest absolute Gasteiger partial charge is 0.244 e. The van der Waals surface area contributed by atoms with E-state index in [9.17, 15) is 17.6 Å². The molecule has 1 saturated heterocycles. The number of anilines is 2. The summed E-state index contributed by atoms with van der Waals surface area (Å²) in [6, 6.07) is 13.4. The van der Waals surface area contributed by atoms with Gasteiger partial charge in [0.1, 0.15) is 12.4 Å². The third-order valence-corrected chi connectivity index (χ3v) is 8.35. The number of nitrogens with zero attached hydrogens (tertiary/aromatic N) is 2. The molecule has 0 unspecified atom stereocenters. The fourth-order valence-electron chi connectivity index (χ4n) is 3.61. The SMILES string of the molecule is CCc1cccc(NC(=O)CN(C2=N[C@@H]3CS(=O)(=O)C[C@H]3S2)c2ccccc2F)c1. The summed E-state index contributed by atoms with van der Waals surface area (Å²) < 4.78 is 38.3. The Balaban J connectivity index is 1.57. The number of halogens is 1. The molecule has 1 amide bonds. The standard InChI is InChI=1S/C21H22FN3O3S2/c1-2-14-6-5-7-15(10-14)23-20(26)11-25(18-9-4-3-8-16(18)22)21-24-17-12-30(27,28)13-19(17)29-21/h3-10,17,19H,2,11-13H2,1H3,(H,23,26)/t17-,19-/m1/s1. The second kappa shape index (κ2) is 8.39. The number of carbonyl (C=O) groups excluding carboxylic acids is 1. The van der Waals surface area contributed by atoms with Crippen LogP contribution in [0.3, 0.4) is 0 Å². The largest absolute Gasteiger partial charge is 0.325 e. The van der Waals surface area contributed by atoms with Crippen molar-refractivity contribution in [2.75, 3.05) is 28.3 Å². The van der Waals surface area contributed by atoms with Crippen LogP contribution in [0.1, 0.15) is 12.5 Å². The lowest BCUT2D eigenvalue weighted by atomic mass is 10.1. The van der Waals surface area contributed by atoms with Gasteiger partial charge in [-0.15, -0.1) is 0 Å². The number of rotatable bonds is 5. The van der Waals surface area contributed by atoms with Gasteiger partial charge in [-0.3, -0.25) is 9.79 Å². The topological polar surface area (TPSA) is 78.8 Å². The quantitative estimate of drug-likeness (QED) is 0.762. The van der Waals surface area contributed by atoms with Crippen molar-refractivity contribution in [2.45, 2.75) is 24.6 Å². The second-order valence-corrected chi connectivity index (χ2v) is 10.7. The molecule has 9 heteroatoms. The van der Waals surface area contributed by atoms with Crippen molar-refractivity contribution in [1.82, 2.24) is 0 Å². The lowest BCUT2D eigenvalue weighted by molar-refractivity contribution is -0.114. The normalized spacial score (nSPS) is 21.7. The minimum Gasteiger partial charge on any atom is -0.325 e. The summed E-state index contributed by atoms with van der Waals surface area (Å²) in [5, 5.41) is 3.14. The van der Waals surface area contributed by atoms with E-state index in [0.717, 1.165) is 12.0 Å². The van der Waals surface area contributed by atoms with E-state index >= 15 is 0 Å². The molecule has 2 atom stereocenters. The summed E-state index contributed by atoms with van der Waals surface area (Å²) in [7, 11) is -3.10. The monoisotopic (exact) mass is 447 g/mol. The van der Waals surface area contributed by atoms with Crippen LogP contribution in [0, 0.1) is 5.82 Å². The molecule has 2 aromatic rings. The van der Waals surface area contributed by atoms with E-state index in [-0.39, 0.29) is 40.9 Å². The lowest BCUT2D eigenvalue weighted by Gasteiger charge is -2.24. The maximum absolute atomic E-state index is 14.5. The second-order valence-electron chi connectivity index (χ2n) is 7.35. The maximum Gasteiger partial charge on any atom is 0.244 e. The van der Waals surface area contributed by atoms with Crippen molar-refractivity contribution in [3.8, 4) is 0 Å². The number of aliphatic imine (C=N–C) groups is 1. The first-order valence-corrected chi connectivity index (χ1v) is 12.4. The number of sulfone groups is 1. The van der Waals surface area contributed by atoms with Gasteiger partial charge in [0.15, 0.2) is 15.0 Å². The van der Waals surface area contributed by atoms with Crippen LogP contribution in [0.5, 0.6) is 0 Å². The molecule has 6 nitrogen and oxygen atoms in total. The molecule has 0 spiro atoms. The van der Waals surface area contributed by atoms with E-state index in [1.165, 1.54) is 22.7 Å². The van der Waals surface area contributed by atoms with E-state index in [1.54, 1.807) is 18.2 Å². The minimum absolute atomic E-state index is 0.00468. The van der Waals surface area contributed by atoms with E-state index in [1.807, 2.05) is 31.2 Å². The minimum atomic E-state index is -3.10. The van der Waals surface area contributed by atoms with Crippen molar-refractivity contribution < 1.29 is 17.6 Å². The van der Waals surface area contributed by atoms with Crippen molar-refractivity contribution in [1.29, 1.82) is 0 Å². The van der Waals surface area contributed by atoms with Gasteiger partial charge in [0.25, 0.3) is 0 Å². The molecule has 4 rings (SSSR count). The number of hydrogen-bond donors (Lipinski definition) is 1. The number of carbonyl (C=O) groups is 1. The van der Waals surface area contributed by atoms with Crippen molar-refractivity contribution in [2.24, 2.45) is 4.99 Å². The van der Waals surface area contributed by atoms with E-state index < -0.39 is 15.7 Å². The van der Waals surface area contributed by atoms with Crippen molar-refractivity contribution >= 4 is 44.0 Å². The number of fused-ring (bicyclic) bond motifs is 1. The first kappa shape index (κ1) is 20.9. The van der Waals surface area contributed by atoms with Gasteiger partial charge >= 0.3 is 0 Å². The first-order valence-electron chi connectivity index (χ1n) is 9.70. The molecule has 0 aromatic heterocycles. The molecule has 0 radical (unpaired) electrons. The highest BCUT2D eigenvalue weighted by Gasteiger charge is 2.44. The van der Waals surface area contributed by atoms with Crippen molar-refractivity contribution in [3.63, 3.8) is 0 Å². The van der Waals surface area contributed by atoms with Gasteiger partial charge in [0, 0.05) is 10.9 Å². The number of hydrogen-bond acceptors (Lipinski definition) is 6. The molecular formula is C21H22FN3O3S2. The van der Waals surface area contributed by atoms with Crippen LogP contribution in [0.2, 0.25) is 0 Å². The number of amidine groups is 1. The summed E-state index contributed by atoms with van der Waals surface area (Å²) in [6.07, 6.45) is 0.851. The molecule has 2 aromatic carbocycles. The summed E-state index contributed by atoms with van der Waals surface area (Å²) >= 11 is 1.30. The van der Waals surface area contributed by atoms with Crippen molar-refractivity contribution in [3.05, 3.63) is 59.9 Å². The van der Waals surface area contributed by atoms with Crippen LogP contribution in [0.4, 0.5) is 15.8 Å². The highest BCUT2D eigenvalue weighted by molar-refractivity contribution is 8.15. The highest BCUT2D eigenvalue weighted by Crippen LogP contribution is 2.37. The third kappa shape index (κ3) is 4.52. The van der Waals surface area contributed by atoms with Crippen LogP contribution in [-0.2, 0) is 21.1 Å². The van der Waals surface area contributed by atoms with Gasteiger partial charge in [-0.05, 0) is 36.2 Å². The molecule has 0 saturated carbocycles. The summed E-state index contributed by atoms with van der Waals surface area (Å²) in [4.78, 5) is 18.8. The van der Waals surface area contributed by atoms with Crippen LogP contribution >= 0.6 is 11.8 Å². The van der Waals surface area contributed by atoms with Crippen LogP contribution in [0.25, 0.3) is 0 Å². The van der Waals surface area contributed by atoms with Gasteiger partial charge < -0.3 is 10.2 Å². The van der Waals surface area contributed by atoms with E-state index in [0.29, 0.717) is 10.9 Å². The summed E-state index contributed by atoms with van der Waals surface area (Å²) in [6.45, 7) is 1.91. The highest BCUT2D eigenvalue weighted by atomic mass is 32.2. The Labute approximate surface area is 179 Å². The molecule has 0 aliphatic carbocycles. The Morgan fingerprint density at radius 1 is 1.23 bits per heavy atom. The van der Waals surface area contributed by atoms with E-state index in [4.69, 9.17) is 0 Å². The fraction of sp³-hybridized carbons (Fsp3) is 0.333. The number of benzene rings is 2. The number of amides is 1. The molecule has 2 aliphatic rings. The van der Waals surface area contributed by atoms with Gasteiger partial charge in [0.2, 0.25) is 5.91 Å². The van der Waals surface area contributed by atoms with Crippen LogP contribution < -0.4 is 10.2 Å². The van der Waals surface area contributed by atoms with Gasteiger partial charge in [0.05, 0.1) is 23.2 Å². The first-order chi connectivity index (χ1) is 14.3. The predicted octanol–water partition coefficient (Wildman–Crippen LogP) is 3.10. The number of para-hydroxylation sites is 1. The number of nitrogens with one attached hydrogen (secondary N) is 1. The zero-order valence-electron chi connectivity index (χ0n) is 16.4. The van der Waals surface area contributed by atoms with Crippen LogP contribution in [0.15, 0.2) is 53.5 Å². The molecule has 1 fully saturated rings. The van der Waals surface area contributed by atoms with Crippen LogP contribution in [-0.4, -0.2) is 48.8 Å². The molecular weight excluding hydrogens is 425 g/mol. The Hall–Kier alpha value is -2.39. The summed E-state index contributed by atoms with van der Waals surface area (Å²) in [5.41, 5.74) is 2.02.